The molecule has 0 spiro atoms. The molecular formula is C5H7N3O3. The van der Waals surface area contributed by atoms with Gasteiger partial charge in [-0.15, -0.1) is 0 Å². The predicted molar refractivity (Wildman–Crippen MR) is 38.6 cm³/mol. The Morgan fingerprint density at radius 3 is 2.45 bits per heavy atom. The van der Waals surface area contributed by atoms with Gasteiger partial charge < -0.3 is 10.5 Å². The molecule has 0 aliphatic heterocycles. The first-order valence-electron chi connectivity index (χ1n) is 2.81. The van der Waals surface area contributed by atoms with Crippen molar-refractivity contribution in [3.63, 3.8) is 0 Å². The molecule has 0 aliphatic rings. The molecule has 0 aliphatic carbocycles. The first-order valence-corrected chi connectivity index (χ1v) is 2.81. The monoisotopic (exact) mass is 157 g/mol. The average molecular weight is 157 g/mol. The molecule has 6 heteroatoms. The molecule has 0 amide bonds. The number of hydrogen-bond donors (Lipinski definition) is 3. The average Bonchev–Trinajstić information content (AvgIpc) is 1.85. The lowest BCUT2D eigenvalue weighted by molar-refractivity contribution is 0.408. The summed E-state index contributed by atoms with van der Waals surface area (Å²) in [5, 5.41) is 0. The summed E-state index contributed by atoms with van der Waals surface area (Å²) >= 11 is 0. The van der Waals surface area contributed by atoms with Crippen LogP contribution in [0.15, 0.2) is 9.59 Å². The van der Waals surface area contributed by atoms with Crippen molar-refractivity contribution < 1.29 is 4.74 Å². The lowest BCUT2D eigenvalue weighted by Crippen LogP contribution is -2.24. The number of rotatable bonds is 1. The molecule has 0 fully saturated rings. The Hall–Kier alpha value is -1.72. The van der Waals surface area contributed by atoms with Crippen molar-refractivity contribution in [1.29, 1.82) is 0 Å². The highest BCUT2D eigenvalue weighted by Gasteiger charge is 2.04. The molecule has 0 saturated heterocycles. The number of aromatic nitrogens is 2. The van der Waals surface area contributed by atoms with E-state index in [-0.39, 0.29) is 11.6 Å². The number of ether oxygens (including phenoxy) is 1. The predicted octanol–water partition coefficient (Wildman–Crippen LogP) is -1.35. The van der Waals surface area contributed by atoms with Gasteiger partial charge in [-0.2, -0.15) is 0 Å². The molecule has 6 nitrogen and oxygen atoms in total. The van der Waals surface area contributed by atoms with Gasteiger partial charge in [0.2, 0.25) is 5.75 Å². The fourth-order valence-corrected chi connectivity index (χ4v) is 0.695. The van der Waals surface area contributed by atoms with E-state index in [1.54, 1.807) is 0 Å². The van der Waals surface area contributed by atoms with Gasteiger partial charge >= 0.3 is 5.69 Å². The van der Waals surface area contributed by atoms with Crippen LogP contribution in [-0.4, -0.2) is 17.1 Å². The summed E-state index contributed by atoms with van der Waals surface area (Å²) in [7, 11) is 1.29. The lowest BCUT2D eigenvalue weighted by Gasteiger charge is -1.99. The Bertz CT molecular complexity index is 364. The standard InChI is InChI=1S/C5H7N3O3/c1-11-2-3(6)7-5(10)8-4(2)9/h1H3,(H4,6,7,8,9,10). The van der Waals surface area contributed by atoms with E-state index in [1.807, 2.05) is 4.98 Å². The summed E-state index contributed by atoms with van der Waals surface area (Å²) < 4.78 is 4.59. The highest BCUT2D eigenvalue weighted by molar-refractivity contribution is 5.42. The normalized spacial score (nSPS) is 9.55. The zero-order valence-electron chi connectivity index (χ0n) is 5.80. The van der Waals surface area contributed by atoms with Crippen LogP contribution < -0.4 is 21.7 Å². The summed E-state index contributed by atoms with van der Waals surface area (Å²) in [6, 6.07) is 0. The van der Waals surface area contributed by atoms with Gasteiger partial charge in [0.1, 0.15) is 0 Å². The maximum absolute atomic E-state index is 10.8. The van der Waals surface area contributed by atoms with Crippen molar-refractivity contribution in [1.82, 2.24) is 9.97 Å². The second-order valence-electron chi connectivity index (χ2n) is 1.86. The van der Waals surface area contributed by atoms with Crippen LogP contribution in [0.4, 0.5) is 5.82 Å². The van der Waals surface area contributed by atoms with Crippen molar-refractivity contribution in [2.24, 2.45) is 0 Å². The third-order valence-corrected chi connectivity index (χ3v) is 1.13. The quantitative estimate of drug-likeness (QED) is 0.469. The number of H-pyrrole nitrogens is 2. The van der Waals surface area contributed by atoms with E-state index in [0.29, 0.717) is 0 Å². The summed E-state index contributed by atoms with van der Waals surface area (Å²) in [6.07, 6.45) is 0. The molecule has 0 saturated carbocycles. The maximum atomic E-state index is 10.8. The summed E-state index contributed by atoms with van der Waals surface area (Å²) in [5.41, 5.74) is 3.96. The van der Waals surface area contributed by atoms with E-state index in [9.17, 15) is 9.59 Å². The molecule has 1 aromatic heterocycles. The largest absolute Gasteiger partial charge is 0.489 e. The Morgan fingerprint density at radius 2 is 2.00 bits per heavy atom. The van der Waals surface area contributed by atoms with E-state index < -0.39 is 11.2 Å². The zero-order valence-corrected chi connectivity index (χ0v) is 5.80. The van der Waals surface area contributed by atoms with Crippen LogP contribution in [-0.2, 0) is 0 Å². The minimum atomic E-state index is -0.645. The van der Waals surface area contributed by atoms with Crippen molar-refractivity contribution in [3.8, 4) is 5.75 Å². The third-order valence-electron chi connectivity index (χ3n) is 1.13. The summed E-state index contributed by atoms with van der Waals surface area (Å²) in [5.74, 6) is -0.147. The van der Waals surface area contributed by atoms with Gasteiger partial charge in [0, 0.05) is 0 Å². The molecule has 0 unspecified atom stereocenters. The second-order valence-corrected chi connectivity index (χ2v) is 1.86. The fraction of sp³-hybridized carbons (Fsp3) is 0.200. The number of nitrogens with one attached hydrogen (secondary N) is 2. The van der Waals surface area contributed by atoms with Crippen LogP contribution in [0.5, 0.6) is 5.75 Å². The van der Waals surface area contributed by atoms with Gasteiger partial charge in [0.05, 0.1) is 7.11 Å². The van der Waals surface area contributed by atoms with E-state index >= 15 is 0 Å². The van der Waals surface area contributed by atoms with E-state index in [0.717, 1.165) is 0 Å². The van der Waals surface area contributed by atoms with Gasteiger partial charge in [-0.1, -0.05) is 0 Å². The van der Waals surface area contributed by atoms with Crippen molar-refractivity contribution in [2.75, 3.05) is 12.8 Å². The van der Waals surface area contributed by atoms with Crippen LogP contribution in [0.25, 0.3) is 0 Å². The zero-order chi connectivity index (χ0) is 8.43. The van der Waals surface area contributed by atoms with Gasteiger partial charge in [-0.25, -0.2) is 4.79 Å². The number of hydrogen-bond acceptors (Lipinski definition) is 4. The Labute approximate surface area is 61.0 Å². The smallest absolute Gasteiger partial charge is 0.327 e. The number of aromatic amines is 2. The Balaban J connectivity index is 3.49. The number of nitrogens with two attached hydrogens (primary N) is 1. The molecule has 0 radical (unpaired) electrons. The van der Waals surface area contributed by atoms with E-state index in [2.05, 4.69) is 9.72 Å². The molecule has 4 N–H and O–H groups in total. The topological polar surface area (TPSA) is 101 Å². The molecule has 60 valence electrons. The SMILES string of the molecule is COc1c(N)[nH]c(=O)[nH]c1=O. The molecular weight excluding hydrogens is 150 g/mol. The molecule has 1 aromatic rings. The summed E-state index contributed by atoms with van der Waals surface area (Å²) in [6.45, 7) is 0. The fourth-order valence-electron chi connectivity index (χ4n) is 0.695. The minimum absolute atomic E-state index is 0.0683. The maximum Gasteiger partial charge on any atom is 0.327 e. The molecule has 11 heavy (non-hydrogen) atoms. The summed E-state index contributed by atoms with van der Waals surface area (Å²) in [4.78, 5) is 25.5. The van der Waals surface area contributed by atoms with Crippen LogP contribution in [0.3, 0.4) is 0 Å². The Morgan fingerprint density at radius 1 is 1.36 bits per heavy atom. The lowest BCUT2D eigenvalue weighted by atomic mass is 10.5. The van der Waals surface area contributed by atoms with Gasteiger partial charge in [-0.05, 0) is 0 Å². The van der Waals surface area contributed by atoms with E-state index in [1.165, 1.54) is 7.11 Å². The van der Waals surface area contributed by atoms with E-state index in [4.69, 9.17) is 5.73 Å². The Kier molecular flexibility index (Phi) is 1.67. The third kappa shape index (κ3) is 1.23. The van der Waals surface area contributed by atoms with Crippen molar-refractivity contribution >= 4 is 5.82 Å². The number of anilines is 1. The second kappa shape index (κ2) is 2.49. The van der Waals surface area contributed by atoms with Crippen LogP contribution in [0.2, 0.25) is 0 Å². The number of nitrogen functional groups attached to an aromatic ring is 1. The van der Waals surface area contributed by atoms with Crippen LogP contribution in [0, 0.1) is 0 Å². The molecule has 1 heterocycles. The highest BCUT2D eigenvalue weighted by Crippen LogP contribution is 2.06. The first-order chi connectivity index (χ1) is 5.15. The molecule has 0 bridgehead atoms. The van der Waals surface area contributed by atoms with Gasteiger partial charge in [0.15, 0.2) is 5.82 Å². The van der Waals surface area contributed by atoms with Crippen molar-refractivity contribution in [2.45, 2.75) is 0 Å². The van der Waals surface area contributed by atoms with Gasteiger partial charge in [-0.3, -0.25) is 14.8 Å². The van der Waals surface area contributed by atoms with Crippen molar-refractivity contribution in [3.05, 3.63) is 20.8 Å². The van der Waals surface area contributed by atoms with Gasteiger partial charge in [0.25, 0.3) is 5.56 Å². The molecule has 1 rings (SSSR count). The van der Waals surface area contributed by atoms with Crippen LogP contribution >= 0.6 is 0 Å². The molecule has 0 aromatic carbocycles. The minimum Gasteiger partial charge on any atom is -0.489 e. The first kappa shape index (κ1) is 7.39. The van der Waals surface area contributed by atoms with Crippen LogP contribution in [0.1, 0.15) is 0 Å². The number of methoxy groups -OCH3 is 1. The highest BCUT2D eigenvalue weighted by atomic mass is 16.5. The molecule has 0 atom stereocenters.